The molecule has 0 amide bonds. The van der Waals surface area contributed by atoms with E-state index in [4.69, 9.17) is 0 Å². The van der Waals surface area contributed by atoms with Crippen LogP contribution in [0.1, 0.15) is 73.1 Å². The Bertz CT molecular complexity index is 560. The summed E-state index contributed by atoms with van der Waals surface area (Å²) in [5.41, 5.74) is -4.79. The van der Waals surface area contributed by atoms with E-state index in [1.54, 1.807) is 0 Å². The average molecular weight is 352 g/mol. The molecule has 1 rings (SSSR count). The maximum Gasteiger partial charge on any atom is 0.201 e. The Labute approximate surface area is 150 Å². The third-order valence-corrected chi connectivity index (χ3v) is 4.84. The van der Waals surface area contributed by atoms with Crippen LogP contribution in [-0.2, 0) is 14.4 Å². The first-order valence-corrected chi connectivity index (χ1v) is 9.28. The molecule has 25 heavy (non-hydrogen) atoms. The van der Waals surface area contributed by atoms with Gasteiger partial charge in [0.15, 0.2) is 22.8 Å². The van der Waals surface area contributed by atoms with E-state index in [1.165, 1.54) is 0 Å². The number of aliphatic hydroxyl groups is 2. The smallest absolute Gasteiger partial charge is 0.201 e. The van der Waals surface area contributed by atoms with E-state index in [-0.39, 0.29) is 36.7 Å². The van der Waals surface area contributed by atoms with Gasteiger partial charge in [0.1, 0.15) is 0 Å². The van der Waals surface area contributed by atoms with Crippen molar-refractivity contribution in [2.75, 3.05) is 0 Å². The highest BCUT2D eigenvalue weighted by Gasteiger charge is 2.62. The van der Waals surface area contributed by atoms with Gasteiger partial charge in [0.05, 0.1) is 5.57 Å². The van der Waals surface area contributed by atoms with Crippen LogP contribution in [0.2, 0.25) is 0 Å². The zero-order valence-corrected chi connectivity index (χ0v) is 16.1. The van der Waals surface area contributed by atoms with Crippen LogP contribution in [0.3, 0.4) is 0 Å². The van der Waals surface area contributed by atoms with Crippen LogP contribution < -0.4 is 0 Å². The summed E-state index contributed by atoms with van der Waals surface area (Å²) in [7, 11) is 0. The zero-order valence-electron chi connectivity index (χ0n) is 16.1. The summed E-state index contributed by atoms with van der Waals surface area (Å²) < 4.78 is 0. The highest BCUT2D eigenvalue weighted by atomic mass is 16.4. The first-order chi connectivity index (χ1) is 11.5. The molecule has 0 aliphatic heterocycles. The van der Waals surface area contributed by atoms with Crippen molar-refractivity contribution >= 4 is 17.3 Å². The summed E-state index contributed by atoms with van der Waals surface area (Å²) in [6.45, 7) is 9.57. The minimum Gasteiger partial charge on any atom is -0.378 e. The van der Waals surface area contributed by atoms with Gasteiger partial charge in [-0.3, -0.25) is 14.4 Å². The minimum atomic E-state index is -2.31. The molecule has 1 aliphatic rings. The Balaban J connectivity index is 3.25. The van der Waals surface area contributed by atoms with Gasteiger partial charge in [-0.05, 0) is 43.6 Å². The summed E-state index contributed by atoms with van der Waals surface area (Å²) in [6.07, 6.45) is 2.73. The molecule has 0 bridgehead atoms. The molecule has 0 spiro atoms. The molecule has 0 heterocycles. The summed E-state index contributed by atoms with van der Waals surface area (Å²) in [5.74, 6) is -1.41. The van der Waals surface area contributed by atoms with E-state index in [2.05, 4.69) is 0 Å². The summed E-state index contributed by atoms with van der Waals surface area (Å²) in [4.78, 5) is 37.7. The Morgan fingerprint density at radius 2 is 1.60 bits per heavy atom. The first kappa shape index (κ1) is 21.7. The van der Waals surface area contributed by atoms with Crippen LogP contribution in [0.5, 0.6) is 0 Å². The Kier molecular flexibility index (Phi) is 7.27. The molecular formula is C20H32O5. The van der Waals surface area contributed by atoms with E-state index in [1.807, 2.05) is 34.6 Å². The van der Waals surface area contributed by atoms with Crippen molar-refractivity contribution in [1.29, 1.82) is 0 Å². The molecule has 0 saturated heterocycles. The number of Topliss-reactive ketones (excluding diaryl/α,β-unsaturated/α-hetero) is 3. The SMILES string of the molecule is CCCC(=O)C1=CC(O)(C(=O)CCC(C)C)C(O)(CCC(C)C)C1=O. The molecule has 0 aromatic carbocycles. The van der Waals surface area contributed by atoms with Gasteiger partial charge in [-0.15, -0.1) is 0 Å². The molecule has 0 saturated carbocycles. The van der Waals surface area contributed by atoms with Crippen molar-refractivity contribution in [3.8, 4) is 0 Å². The van der Waals surface area contributed by atoms with E-state index in [9.17, 15) is 24.6 Å². The lowest BCUT2D eigenvalue weighted by atomic mass is 9.75. The maximum absolute atomic E-state index is 12.8. The van der Waals surface area contributed by atoms with E-state index < -0.39 is 28.6 Å². The molecule has 5 heteroatoms. The highest BCUT2D eigenvalue weighted by molar-refractivity contribution is 6.27. The van der Waals surface area contributed by atoms with Crippen LogP contribution in [-0.4, -0.2) is 38.8 Å². The molecule has 142 valence electrons. The standard InChI is InChI=1S/C20H32O5/c1-6-7-16(21)15-12-20(25,17(22)9-8-13(2)3)19(24,18(15)23)11-10-14(4)5/h12-14,24-25H,6-11H2,1-5H3. The van der Waals surface area contributed by atoms with Crippen LogP contribution in [0, 0.1) is 11.8 Å². The molecule has 5 nitrogen and oxygen atoms in total. The van der Waals surface area contributed by atoms with Crippen molar-refractivity contribution in [3.63, 3.8) is 0 Å². The molecule has 1 aliphatic carbocycles. The first-order valence-electron chi connectivity index (χ1n) is 9.28. The topological polar surface area (TPSA) is 91.7 Å². The number of hydrogen-bond acceptors (Lipinski definition) is 5. The van der Waals surface area contributed by atoms with Crippen LogP contribution in [0.4, 0.5) is 0 Å². The summed E-state index contributed by atoms with van der Waals surface area (Å²) in [6, 6.07) is 0. The average Bonchev–Trinajstić information content (AvgIpc) is 2.73. The Morgan fingerprint density at radius 1 is 1.04 bits per heavy atom. The van der Waals surface area contributed by atoms with Gasteiger partial charge >= 0.3 is 0 Å². The van der Waals surface area contributed by atoms with Gasteiger partial charge in [0, 0.05) is 12.8 Å². The lowest BCUT2D eigenvalue weighted by Gasteiger charge is -2.35. The molecule has 0 fully saturated rings. The number of hydrogen-bond donors (Lipinski definition) is 2. The van der Waals surface area contributed by atoms with Crippen molar-refractivity contribution in [2.45, 2.75) is 84.3 Å². The molecule has 0 aromatic rings. The van der Waals surface area contributed by atoms with E-state index in [0.29, 0.717) is 19.3 Å². The highest BCUT2D eigenvalue weighted by Crippen LogP contribution is 2.41. The van der Waals surface area contributed by atoms with Gasteiger partial charge < -0.3 is 10.2 Å². The fraction of sp³-hybridized carbons (Fsp3) is 0.750. The zero-order chi connectivity index (χ0) is 19.4. The monoisotopic (exact) mass is 352 g/mol. The third-order valence-electron chi connectivity index (χ3n) is 4.84. The van der Waals surface area contributed by atoms with Crippen molar-refractivity contribution in [2.24, 2.45) is 11.8 Å². The van der Waals surface area contributed by atoms with Gasteiger partial charge in [-0.2, -0.15) is 0 Å². The van der Waals surface area contributed by atoms with Gasteiger partial charge in [0.2, 0.25) is 5.78 Å². The van der Waals surface area contributed by atoms with Crippen LogP contribution >= 0.6 is 0 Å². The molecule has 0 radical (unpaired) electrons. The Morgan fingerprint density at radius 3 is 2.08 bits per heavy atom. The fourth-order valence-corrected chi connectivity index (χ4v) is 3.08. The van der Waals surface area contributed by atoms with Gasteiger partial charge in [0.25, 0.3) is 0 Å². The lowest BCUT2D eigenvalue weighted by Crippen LogP contribution is -2.59. The molecule has 2 atom stereocenters. The summed E-state index contributed by atoms with van der Waals surface area (Å²) >= 11 is 0. The predicted octanol–water partition coefficient (Wildman–Crippen LogP) is 2.77. The number of ketones is 3. The van der Waals surface area contributed by atoms with E-state index in [0.717, 1.165) is 6.08 Å². The lowest BCUT2D eigenvalue weighted by molar-refractivity contribution is -0.168. The molecule has 2 unspecified atom stereocenters. The second kappa shape index (κ2) is 8.37. The summed E-state index contributed by atoms with van der Waals surface area (Å²) in [5, 5.41) is 22.0. The fourth-order valence-electron chi connectivity index (χ4n) is 3.08. The molecular weight excluding hydrogens is 320 g/mol. The largest absolute Gasteiger partial charge is 0.378 e. The molecule has 0 aromatic heterocycles. The van der Waals surface area contributed by atoms with Crippen molar-refractivity contribution in [3.05, 3.63) is 11.6 Å². The van der Waals surface area contributed by atoms with Crippen LogP contribution in [0.25, 0.3) is 0 Å². The number of rotatable bonds is 10. The number of carbonyl (C=O) groups is 3. The van der Waals surface area contributed by atoms with Crippen molar-refractivity contribution < 1.29 is 24.6 Å². The van der Waals surface area contributed by atoms with E-state index >= 15 is 0 Å². The second-order valence-corrected chi connectivity index (χ2v) is 7.98. The third kappa shape index (κ3) is 4.45. The van der Waals surface area contributed by atoms with Crippen LogP contribution in [0.15, 0.2) is 11.6 Å². The quantitative estimate of drug-likeness (QED) is 0.590. The second-order valence-electron chi connectivity index (χ2n) is 7.98. The Hall–Kier alpha value is -1.33. The minimum absolute atomic E-state index is 0.0488. The van der Waals surface area contributed by atoms with Gasteiger partial charge in [-0.25, -0.2) is 0 Å². The number of carbonyl (C=O) groups excluding carboxylic acids is 3. The molecule has 2 N–H and O–H groups in total. The predicted molar refractivity (Wildman–Crippen MR) is 96.1 cm³/mol. The van der Waals surface area contributed by atoms with Crippen molar-refractivity contribution in [1.82, 2.24) is 0 Å². The maximum atomic E-state index is 12.8. The van der Waals surface area contributed by atoms with Gasteiger partial charge in [-0.1, -0.05) is 34.6 Å². The normalized spacial score (nSPS) is 26.4.